The first-order chi connectivity index (χ1) is 13.2. The van der Waals surface area contributed by atoms with Crippen LogP contribution in [-0.2, 0) is 11.2 Å². The number of amides is 1. The van der Waals surface area contributed by atoms with Crippen LogP contribution in [0.5, 0.6) is 11.5 Å². The number of pyridine rings is 1. The molecule has 1 amide bonds. The summed E-state index contributed by atoms with van der Waals surface area (Å²) >= 11 is 0. The highest BCUT2D eigenvalue weighted by Crippen LogP contribution is 2.34. The molecule has 8 heteroatoms. The fourth-order valence-electron chi connectivity index (χ4n) is 2.77. The number of hydrogen-bond acceptors (Lipinski definition) is 7. The Balaban J connectivity index is 1.31. The lowest BCUT2D eigenvalue weighted by molar-refractivity contribution is -0.121. The van der Waals surface area contributed by atoms with Crippen molar-refractivity contribution in [2.24, 2.45) is 0 Å². The summed E-state index contributed by atoms with van der Waals surface area (Å²) in [6, 6.07) is 9.09. The Morgan fingerprint density at radius 3 is 2.85 bits per heavy atom. The van der Waals surface area contributed by atoms with Crippen LogP contribution in [0.25, 0.3) is 11.4 Å². The van der Waals surface area contributed by atoms with E-state index in [2.05, 4.69) is 20.4 Å². The summed E-state index contributed by atoms with van der Waals surface area (Å²) in [5, 5.41) is 6.90. The number of benzene rings is 1. The predicted molar refractivity (Wildman–Crippen MR) is 95.0 cm³/mol. The van der Waals surface area contributed by atoms with Gasteiger partial charge in [-0.25, -0.2) is 0 Å². The summed E-state index contributed by atoms with van der Waals surface area (Å²) in [6.45, 7) is 2.15. The van der Waals surface area contributed by atoms with Gasteiger partial charge in [0, 0.05) is 30.8 Å². The molecule has 0 bridgehead atoms. The minimum Gasteiger partial charge on any atom is -0.454 e. The van der Waals surface area contributed by atoms with Crippen molar-refractivity contribution >= 4 is 5.91 Å². The van der Waals surface area contributed by atoms with Gasteiger partial charge in [-0.05, 0) is 36.8 Å². The molecule has 138 valence electrons. The Morgan fingerprint density at radius 1 is 1.19 bits per heavy atom. The maximum atomic E-state index is 12.2. The lowest BCUT2D eigenvalue weighted by Gasteiger charge is -2.14. The molecule has 0 aliphatic carbocycles. The second-order valence-electron chi connectivity index (χ2n) is 6.15. The molecule has 1 unspecified atom stereocenters. The molecule has 0 fully saturated rings. The van der Waals surface area contributed by atoms with Crippen LogP contribution >= 0.6 is 0 Å². The van der Waals surface area contributed by atoms with Gasteiger partial charge in [-0.15, -0.1) is 0 Å². The predicted octanol–water partition coefficient (Wildman–Crippen LogP) is 2.67. The van der Waals surface area contributed by atoms with Crippen LogP contribution in [0, 0.1) is 0 Å². The zero-order chi connectivity index (χ0) is 18.6. The van der Waals surface area contributed by atoms with Gasteiger partial charge in [0.25, 0.3) is 0 Å². The van der Waals surface area contributed by atoms with Crippen LogP contribution in [0.2, 0.25) is 0 Å². The summed E-state index contributed by atoms with van der Waals surface area (Å²) in [5.41, 5.74) is 1.77. The highest BCUT2D eigenvalue weighted by Gasteiger charge is 2.17. The monoisotopic (exact) mass is 366 g/mol. The van der Waals surface area contributed by atoms with Crippen molar-refractivity contribution in [1.29, 1.82) is 0 Å². The van der Waals surface area contributed by atoms with E-state index in [9.17, 15) is 4.79 Å². The molecule has 0 radical (unpaired) electrons. The van der Waals surface area contributed by atoms with Crippen molar-refractivity contribution in [3.05, 3.63) is 54.2 Å². The fraction of sp³-hybridized carbons (Fsp3) is 0.263. The zero-order valence-electron chi connectivity index (χ0n) is 14.7. The van der Waals surface area contributed by atoms with E-state index < -0.39 is 0 Å². The van der Waals surface area contributed by atoms with Crippen molar-refractivity contribution < 1.29 is 18.8 Å². The number of nitrogens with zero attached hydrogens (tertiary/aromatic N) is 3. The van der Waals surface area contributed by atoms with Crippen molar-refractivity contribution in [3.8, 4) is 22.9 Å². The van der Waals surface area contributed by atoms with Crippen molar-refractivity contribution in [2.75, 3.05) is 6.79 Å². The van der Waals surface area contributed by atoms with Gasteiger partial charge in [0.05, 0.1) is 6.04 Å². The normalized spacial score (nSPS) is 13.4. The van der Waals surface area contributed by atoms with Gasteiger partial charge >= 0.3 is 0 Å². The zero-order valence-corrected chi connectivity index (χ0v) is 14.7. The lowest BCUT2D eigenvalue weighted by atomic mass is 10.1. The molecular weight excluding hydrogens is 348 g/mol. The van der Waals surface area contributed by atoms with Crippen LogP contribution < -0.4 is 14.8 Å². The second kappa shape index (κ2) is 7.45. The SMILES string of the molecule is CC(NC(=O)CCc1nc(-c2ccncc2)no1)c1ccc2c(c1)OCO2. The molecule has 1 N–H and O–H groups in total. The van der Waals surface area contributed by atoms with E-state index in [-0.39, 0.29) is 25.2 Å². The van der Waals surface area contributed by atoms with E-state index >= 15 is 0 Å². The van der Waals surface area contributed by atoms with Gasteiger partial charge in [0.15, 0.2) is 11.5 Å². The smallest absolute Gasteiger partial charge is 0.231 e. The summed E-state index contributed by atoms with van der Waals surface area (Å²) in [7, 11) is 0. The van der Waals surface area contributed by atoms with Crippen LogP contribution in [0.15, 0.2) is 47.2 Å². The maximum Gasteiger partial charge on any atom is 0.231 e. The number of rotatable bonds is 6. The van der Waals surface area contributed by atoms with Crippen molar-refractivity contribution in [1.82, 2.24) is 20.4 Å². The first kappa shape index (κ1) is 17.0. The minimum absolute atomic E-state index is 0.0937. The third-order valence-electron chi connectivity index (χ3n) is 4.25. The quantitative estimate of drug-likeness (QED) is 0.716. The Hall–Kier alpha value is -3.42. The molecule has 4 rings (SSSR count). The Kier molecular flexibility index (Phi) is 4.69. The van der Waals surface area contributed by atoms with E-state index in [1.165, 1.54) is 0 Å². The van der Waals surface area contributed by atoms with Crippen LogP contribution in [0.1, 0.15) is 30.8 Å². The van der Waals surface area contributed by atoms with Gasteiger partial charge in [-0.2, -0.15) is 4.98 Å². The number of carbonyl (C=O) groups excluding carboxylic acids is 1. The standard InChI is InChI=1S/C19H18N4O4/c1-12(14-2-3-15-16(10-14)26-11-25-15)21-17(24)4-5-18-22-19(23-27-18)13-6-8-20-9-7-13/h2-3,6-10,12H,4-5,11H2,1H3,(H,21,24). The third-order valence-corrected chi connectivity index (χ3v) is 4.25. The van der Waals surface area contributed by atoms with Crippen LogP contribution in [-0.4, -0.2) is 27.8 Å². The fourth-order valence-corrected chi connectivity index (χ4v) is 2.77. The number of nitrogens with one attached hydrogen (secondary N) is 1. The lowest BCUT2D eigenvalue weighted by Crippen LogP contribution is -2.26. The first-order valence-electron chi connectivity index (χ1n) is 8.61. The molecular formula is C19H18N4O4. The molecule has 1 aliphatic heterocycles. The van der Waals surface area contributed by atoms with Gasteiger partial charge in [0.2, 0.25) is 24.4 Å². The van der Waals surface area contributed by atoms with Crippen molar-refractivity contribution in [3.63, 3.8) is 0 Å². The maximum absolute atomic E-state index is 12.2. The second-order valence-corrected chi connectivity index (χ2v) is 6.15. The molecule has 2 aromatic heterocycles. The average Bonchev–Trinajstić information content (AvgIpc) is 3.36. The van der Waals surface area contributed by atoms with E-state index in [0.29, 0.717) is 23.9 Å². The van der Waals surface area contributed by atoms with Crippen molar-refractivity contribution in [2.45, 2.75) is 25.8 Å². The Bertz CT molecular complexity index is 942. The highest BCUT2D eigenvalue weighted by molar-refractivity contribution is 5.76. The van der Waals surface area contributed by atoms with Crippen LogP contribution in [0.3, 0.4) is 0 Å². The molecule has 0 saturated heterocycles. The molecule has 1 atom stereocenters. The molecule has 3 heterocycles. The van der Waals surface area contributed by atoms with Gasteiger partial charge in [-0.3, -0.25) is 9.78 Å². The summed E-state index contributed by atoms with van der Waals surface area (Å²) < 4.78 is 15.9. The number of carbonyl (C=O) groups is 1. The summed E-state index contributed by atoms with van der Waals surface area (Å²) in [6.07, 6.45) is 3.96. The van der Waals surface area contributed by atoms with Crippen LogP contribution in [0.4, 0.5) is 0 Å². The molecule has 8 nitrogen and oxygen atoms in total. The molecule has 27 heavy (non-hydrogen) atoms. The number of aromatic nitrogens is 3. The number of hydrogen-bond donors (Lipinski definition) is 1. The summed E-state index contributed by atoms with van der Waals surface area (Å²) in [4.78, 5) is 20.5. The molecule has 0 saturated carbocycles. The summed E-state index contributed by atoms with van der Waals surface area (Å²) in [5.74, 6) is 2.24. The Labute approximate surface area is 155 Å². The van der Waals surface area contributed by atoms with Gasteiger partial charge in [0.1, 0.15) is 0 Å². The molecule has 1 aliphatic rings. The van der Waals surface area contributed by atoms with E-state index in [1.54, 1.807) is 24.5 Å². The molecule has 3 aromatic rings. The van der Waals surface area contributed by atoms with E-state index in [1.807, 2.05) is 25.1 Å². The average molecular weight is 366 g/mol. The van der Waals surface area contributed by atoms with E-state index in [0.717, 1.165) is 16.9 Å². The minimum atomic E-state index is -0.151. The third kappa shape index (κ3) is 3.89. The highest BCUT2D eigenvalue weighted by atomic mass is 16.7. The number of aryl methyl sites for hydroxylation is 1. The molecule has 1 aromatic carbocycles. The Morgan fingerprint density at radius 2 is 2.00 bits per heavy atom. The largest absolute Gasteiger partial charge is 0.454 e. The topological polar surface area (TPSA) is 99.4 Å². The number of fused-ring (bicyclic) bond motifs is 1. The van der Waals surface area contributed by atoms with E-state index in [4.69, 9.17) is 14.0 Å². The molecule has 0 spiro atoms. The number of ether oxygens (including phenoxy) is 2. The van der Waals surface area contributed by atoms with Gasteiger partial charge in [-0.1, -0.05) is 11.2 Å². The first-order valence-corrected chi connectivity index (χ1v) is 8.61. The van der Waals surface area contributed by atoms with Gasteiger partial charge < -0.3 is 19.3 Å².